The number of aryl methyl sites for hydroxylation is 2. The van der Waals surface area contributed by atoms with Crippen molar-refractivity contribution in [1.29, 1.82) is 0 Å². The van der Waals surface area contributed by atoms with E-state index in [0.29, 0.717) is 33.0 Å². The molecule has 4 aromatic rings. The Hall–Kier alpha value is -2.95. The molecular weight excluding hydrogens is 422 g/mol. The molecule has 0 saturated carbocycles. The summed E-state index contributed by atoms with van der Waals surface area (Å²) in [6.07, 6.45) is 0. The highest BCUT2D eigenvalue weighted by atomic mass is 35.5. The molecule has 0 atom stereocenters. The van der Waals surface area contributed by atoms with Crippen LogP contribution in [0.3, 0.4) is 0 Å². The van der Waals surface area contributed by atoms with E-state index in [1.807, 2.05) is 26.0 Å². The summed E-state index contributed by atoms with van der Waals surface area (Å²) >= 11 is 12.3. The first-order valence-corrected chi connectivity index (χ1v) is 10.0. The lowest BCUT2D eigenvalue weighted by Crippen LogP contribution is -2.14. The van der Waals surface area contributed by atoms with Crippen LogP contribution < -0.4 is 5.32 Å². The van der Waals surface area contributed by atoms with Gasteiger partial charge in [0.05, 0.1) is 32.5 Å². The fourth-order valence-electron chi connectivity index (χ4n) is 3.43. The van der Waals surface area contributed by atoms with Crippen LogP contribution in [0, 0.1) is 19.7 Å². The van der Waals surface area contributed by atoms with E-state index >= 15 is 0 Å². The Morgan fingerprint density at radius 2 is 1.73 bits per heavy atom. The number of carbonyl (C=O) groups is 1. The number of rotatable bonds is 3. The first-order valence-electron chi connectivity index (χ1n) is 9.27. The van der Waals surface area contributed by atoms with Gasteiger partial charge in [-0.2, -0.15) is 0 Å². The number of benzene rings is 3. The van der Waals surface area contributed by atoms with Crippen molar-refractivity contribution in [1.82, 2.24) is 4.98 Å². The van der Waals surface area contributed by atoms with Crippen LogP contribution in [-0.4, -0.2) is 10.9 Å². The van der Waals surface area contributed by atoms with E-state index in [9.17, 15) is 9.18 Å². The number of pyridine rings is 1. The molecule has 3 nitrogen and oxygen atoms in total. The first-order chi connectivity index (χ1) is 14.3. The van der Waals surface area contributed by atoms with E-state index in [1.165, 1.54) is 12.1 Å². The van der Waals surface area contributed by atoms with E-state index in [4.69, 9.17) is 28.2 Å². The van der Waals surface area contributed by atoms with Gasteiger partial charge in [-0.15, -0.1) is 0 Å². The third kappa shape index (κ3) is 3.89. The van der Waals surface area contributed by atoms with E-state index in [2.05, 4.69) is 5.32 Å². The zero-order chi connectivity index (χ0) is 21.4. The Kier molecular flexibility index (Phi) is 5.46. The maximum Gasteiger partial charge on any atom is 0.256 e. The minimum absolute atomic E-state index is 0.275. The number of aromatic nitrogens is 1. The van der Waals surface area contributed by atoms with Gasteiger partial charge in [0.2, 0.25) is 0 Å². The molecular formula is C24H17Cl2FN2O. The number of hydrogen-bond donors (Lipinski definition) is 1. The number of nitrogens with one attached hydrogen (secondary N) is 1. The Morgan fingerprint density at radius 3 is 2.47 bits per heavy atom. The van der Waals surface area contributed by atoms with E-state index in [-0.39, 0.29) is 16.7 Å². The molecule has 0 radical (unpaired) electrons. The van der Waals surface area contributed by atoms with Crippen LogP contribution in [0.25, 0.3) is 22.2 Å². The monoisotopic (exact) mass is 438 g/mol. The average molecular weight is 439 g/mol. The molecule has 1 N–H and O–H groups in total. The molecule has 30 heavy (non-hydrogen) atoms. The Morgan fingerprint density at radius 1 is 1.00 bits per heavy atom. The van der Waals surface area contributed by atoms with Gasteiger partial charge >= 0.3 is 0 Å². The number of fused-ring (bicyclic) bond motifs is 1. The van der Waals surface area contributed by atoms with Crippen molar-refractivity contribution in [2.45, 2.75) is 13.8 Å². The van der Waals surface area contributed by atoms with Crippen LogP contribution in [0.2, 0.25) is 10.0 Å². The number of carbonyl (C=O) groups excluding carboxylic acids is 1. The van der Waals surface area contributed by atoms with E-state index in [0.717, 1.165) is 16.5 Å². The van der Waals surface area contributed by atoms with Crippen molar-refractivity contribution in [3.8, 4) is 11.3 Å². The largest absolute Gasteiger partial charge is 0.321 e. The smallest absolute Gasteiger partial charge is 0.256 e. The molecule has 1 aromatic heterocycles. The molecule has 0 saturated heterocycles. The summed E-state index contributed by atoms with van der Waals surface area (Å²) in [5.41, 5.74) is 4.85. The van der Waals surface area contributed by atoms with Crippen molar-refractivity contribution in [2.24, 2.45) is 0 Å². The molecule has 0 fully saturated rings. The van der Waals surface area contributed by atoms with Crippen molar-refractivity contribution in [3.63, 3.8) is 0 Å². The third-order valence-electron chi connectivity index (χ3n) is 4.83. The molecule has 4 rings (SSSR count). The van der Waals surface area contributed by atoms with Crippen molar-refractivity contribution >= 4 is 45.7 Å². The summed E-state index contributed by atoms with van der Waals surface area (Å²) in [5, 5.41) is 4.20. The first kappa shape index (κ1) is 20.3. The Bertz CT molecular complexity index is 1290. The van der Waals surface area contributed by atoms with Gasteiger partial charge in [-0.1, -0.05) is 40.9 Å². The molecule has 0 unspecified atom stereocenters. The van der Waals surface area contributed by atoms with Crippen LogP contribution in [-0.2, 0) is 0 Å². The fourth-order valence-corrected chi connectivity index (χ4v) is 3.78. The van der Waals surface area contributed by atoms with E-state index < -0.39 is 0 Å². The van der Waals surface area contributed by atoms with Gasteiger partial charge in [0.25, 0.3) is 5.91 Å². The molecule has 0 spiro atoms. The molecule has 1 amide bonds. The molecule has 0 aliphatic rings. The number of halogens is 3. The van der Waals surface area contributed by atoms with Crippen molar-refractivity contribution < 1.29 is 9.18 Å². The van der Waals surface area contributed by atoms with Gasteiger partial charge in [0.15, 0.2) is 0 Å². The number of nitrogens with zero attached hydrogens (tertiary/aromatic N) is 1. The summed E-state index contributed by atoms with van der Waals surface area (Å²) in [5.74, 6) is -0.667. The minimum Gasteiger partial charge on any atom is -0.321 e. The van der Waals surface area contributed by atoms with Gasteiger partial charge in [-0.3, -0.25) is 4.79 Å². The summed E-state index contributed by atoms with van der Waals surface area (Å²) in [4.78, 5) is 18.0. The van der Waals surface area contributed by atoms with E-state index in [1.54, 1.807) is 36.4 Å². The predicted octanol–water partition coefficient (Wildman–Crippen LogP) is 7.22. The normalized spacial score (nSPS) is 11.0. The second kappa shape index (κ2) is 8.05. The second-order valence-electron chi connectivity index (χ2n) is 7.10. The molecule has 3 aromatic carbocycles. The standard InChI is InChI=1S/C24H17Cl2FN2O/c1-13-10-14(2)23-17(11-13)18(12-21(28-23)15-6-8-16(27)9-7-15)24(30)29-20-5-3-4-19(25)22(20)26/h3-12H,1-2H3,(H,29,30). The topological polar surface area (TPSA) is 42.0 Å². The lowest BCUT2D eigenvalue weighted by Gasteiger charge is -2.14. The molecule has 0 aliphatic carbocycles. The fraction of sp³-hybridized carbons (Fsp3) is 0.0833. The maximum atomic E-state index is 13.4. The molecule has 0 aliphatic heterocycles. The lowest BCUT2D eigenvalue weighted by atomic mass is 9.99. The zero-order valence-corrected chi connectivity index (χ0v) is 17.8. The highest BCUT2D eigenvalue weighted by molar-refractivity contribution is 6.44. The zero-order valence-electron chi connectivity index (χ0n) is 16.3. The molecule has 1 heterocycles. The molecule has 150 valence electrons. The maximum absolute atomic E-state index is 13.4. The Labute approximate surface area is 183 Å². The predicted molar refractivity (Wildman–Crippen MR) is 121 cm³/mol. The van der Waals surface area contributed by atoms with Crippen LogP contribution in [0.5, 0.6) is 0 Å². The van der Waals surface area contributed by atoms with Crippen molar-refractivity contribution in [3.05, 3.63) is 93.2 Å². The summed E-state index contributed by atoms with van der Waals surface area (Å²) in [7, 11) is 0. The second-order valence-corrected chi connectivity index (χ2v) is 7.88. The Balaban J connectivity index is 1.89. The van der Waals surface area contributed by atoms with Gasteiger partial charge in [-0.25, -0.2) is 9.37 Å². The van der Waals surface area contributed by atoms with Gasteiger partial charge in [0.1, 0.15) is 5.82 Å². The summed E-state index contributed by atoms with van der Waals surface area (Å²) < 4.78 is 13.4. The third-order valence-corrected chi connectivity index (χ3v) is 5.65. The van der Waals surface area contributed by atoms with Crippen LogP contribution in [0.15, 0.2) is 60.7 Å². The van der Waals surface area contributed by atoms with Gasteiger partial charge < -0.3 is 5.32 Å². The van der Waals surface area contributed by atoms with Crippen LogP contribution in [0.1, 0.15) is 21.5 Å². The summed E-state index contributed by atoms with van der Waals surface area (Å²) in [6, 6.07) is 16.7. The number of anilines is 1. The van der Waals surface area contributed by atoms with Crippen LogP contribution >= 0.6 is 23.2 Å². The number of amides is 1. The molecule has 6 heteroatoms. The SMILES string of the molecule is Cc1cc(C)c2nc(-c3ccc(F)cc3)cc(C(=O)Nc3cccc(Cl)c3Cl)c2c1. The highest BCUT2D eigenvalue weighted by Crippen LogP contribution is 2.32. The quantitative estimate of drug-likeness (QED) is 0.366. The summed E-state index contributed by atoms with van der Waals surface area (Å²) in [6.45, 7) is 3.92. The highest BCUT2D eigenvalue weighted by Gasteiger charge is 2.17. The number of hydrogen-bond acceptors (Lipinski definition) is 2. The lowest BCUT2D eigenvalue weighted by molar-refractivity contribution is 0.102. The van der Waals surface area contributed by atoms with Crippen LogP contribution in [0.4, 0.5) is 10.1 Å². The minimum atomic E-state index is -0.333. The van der Waals surface area contributed by atoms with Gasteiger partial charge in [0, 0.05) is 10.9 Å². The average Bonchev–Trinajstić information content (AvgIpc) is 2.71. The molecule has 0 bridgehead atoms. The van der Waals surface area contributed by atoms with Crippen molar-refractivity contribution in [2.75, 3.05) is 5.32 Å². The van der Waals surface area contributed by atoms with Gasteiger partial charge in [-0.05, 0) is 67.9 Å².